The molecule has 0 N–H and O–H groups in total. The molecular formula is C19H14ClNO3. The Hall–Kier alpha value is -2.85. The van der Waals surface area contributed by atoms with Crippen LogP contribution in [0.5, 0.6) is 5.75 Å². The van der Waals surface area contributed by atoms with Crippen molar-refractivity contribution in [1.82, 2.24) is 0 Å². The van der Waals surface area contributed by atoms with Gasteiger partial charge in [-0.3, -0.25) is 0 Å². The monoisotopic (exact) mass is 339 g/mol. The molecule has 3 rings (SSSR count). The van der Waals surface area contributed by atoms with Gasteiger partial charge in [-0.2, -0.15) is 0 Å². The number of hydrogen-bond acceptors (Lipinski definition) is 4. The molecule has 24 heavy (non-hydrogen) atoms. The van der Waals surface area contributed by atoms with Gasteiger partial charge in [-0.25, -0.2) is 9.79 Å². The van der Waals surface area contributed by atoms with Crippen LogP contribution in [0.1, 0.15) is 11.1 Å². The first kappa shape index (κ1) is 16.0. The van der Waals surface area contributed by atoms with E-state index in [0.717, 1.165) is 11.1 Å². The van der Waals surface area contributed by atoms with Crippen LogP contribution in [0.2, 0.25) is 5.02 Å². The second-order valence-corrected chi connectivity index (χ2v) is 5.43. The molecule has 4 nitrogen and oxygen atoms in total. The topological polar surface area (TPSA) is 47.9 Å². The third-order valence-electron chi connectivity index (χ3n) is 3.36. The van der Waals surface area contributed by atoms with Crippen LogP contribution < -0.4 is 4.74 Å². The van der Waals surface area contributed by atoms with Gasteiger partial charge in [0.25, 0.3) is 0 Å². The molecule has 0 radical (unpaired) electrons. The third-order valence-corrected chi connectivity index (χ3v) is 3.61. The van der Waals surface area contributed by atoms with Crippen LogP contribution in [-0.4, -0.2) is 19.0 Å². The molecule has 0 aliphatic carbocycles. The molecule has 0 aromatic heterocycles. The minimum Gasteiger partial charge on any atom is -0.496 e. The zero-order chi connectivity index (χ0) is 16.9. The van der Waals surface area contributed by atoms with Crippen LogP contribution in [-0.2, 0) is 9.53 Å². The van der Waals surface area contributed by atoms with Gasteiger partial charge in [-0.05, 0) is 35.9 Å². The Labute approximate surface area is 144 Å². The molecule has 5 heteroatoms. The number of halogens is 1. The summed E-state index contributed by atoms with van der Waals surface area (Å²) in [5.74, 6) is 0.422. The Morgan fingerprint density at radius 3 is 2.58 bits per heavy atom. The Morgan fingerprint density at radius 1 is 1.08 bits per heavy atom. The van der Waals surface area contributed by atoms with Crippen molar-refractivity contribution in [1.29, 1.82) is 0 Å². The van der Waals surface area contributed by atoms with Crippen LogP contribution in [0, 0.1) is 0 Å². The number of rotatable bonds is 4. The van der Waals surface area contributed by atoms with Crippen molar-refractivity contribution >= 4 is 35.6 Å². The molecule has 0 saturated heterocycles. The molecule has 2 aromatic carbocycles. The number of esters is 1. The van der Waals surface area contributed by atoms with Crippen molar-refractivity contribution in [3.8, 4) is 5.75 Å². The normalized spacial score (nSPS) is 15.7. The maximum Gasteiger partial charge on any atom is 0.363 e. The number of nitrogens with zero attached hydrogens (tertiary/aromatic N) is 1. The van der Waals surface area contributed by atoms with Crippen molar-refractivity contribution in [2.24, 2.45) is 4.99 Å². The van der Waals surface area contributed by atoms with E-state index in [-0.39, 0.29) is 11.6 Å². The highest BCUT2D eigenvalue weighted by Gasteiger charge is 2.21. The van der Waals surface area contributed by atoms with Gasteiger partial charge in [-0.15, -0.1) is 0 Å². The molecule has 2 aromatic rings. The van der Waals surface area contributed by atoms with E-state index in [0.29, 0.717) is 10.8 Å². The predicted octanol–water partition coefficient (Wildman–Crippen LogP) is 4.36. The fraction of sp³-hybridized carbons (Fsp3) is 0.0526. The average molecular weight is 340 g/mol. The van der Waals surface area contributed by atoms with Gasteiger partial charge in [0.2, 0.25) is 5.90 Å². The molecule has 1 heterocycles. The van der Waals surface area contributed by atoms with E-state index in [1.807, 2.05) is 36.4 Å². The van der Waals surface area contributed by atoms with Crippen LogP contribution in [0.15, 0.2) is 65.3 Å². The summed E-state index contributed by atoms with van der Waals surface area (Å²) in [6.45, 7) is 0. The zero-order valence-electron chi connectivity index (χ0n) is 12.9. The summed E-state index contributed by atoms with van der Waals surface area (Å²) in [6, 6.07) is 14.7. The van der Waals surface area contributed by atoms with Crippen LogP contribution in [0.25, 0.3) is 12.2 Å². The smallest absolute Gasteiger partial charge is 0.363 e. The molecule has 1 aliphatic heterocycles. The van der Waals surface area contributed by atoms with Gasteiger partial charge in [0, 0.05) is 16.7 Å². The number of para-hydroxylation sites is 1. The molecule has 0 atom stereocenters. The molecule has 1 aliphatic rings. The zero-order valence-corrected chi connectivity index (χ0v) is 13.7. The van der Waals surface area contributed by atoms with E-state index >= 15 is 0 Å². The lowest BCUT2D eigenvalue weighted by molar-refractivity contribution is -0.129. The number of cyclic esters (lactones) is 1. The number of benzene rings is 2. The van der Waals surface area contributed by atoms with E-state index in [1.54, 1.807) is 37.5 Å². The highest BCUT2D eigenvalue weighted by molar-refractivity contribution is 6.30. The van der Waals surface area contributed by atoms with E-state index in [1.165, 1.54) is 0 Å². The summed E-state index contributed by atoms with van der Waals surface area (Å²) in [4.78, 5) is 16.2. The summed E-state index contributed by atoms with van der Waals surface area (Å²) in [6.07, 6.45) is 5.09. The molecule has 0 amide bonds. The Balaban J connectivity index is 1.82. The summed E-state index contributed by atoms with van der Waals surface area (Å²) in [7, 11) is 1.58. The number of methoxy groups -OCH3 is 1. The van der Waals surface area contributed by atoms with Crippen molar-refractivity contribution in [3.63, 3.8) is 0 Å². The van der Waals surface area contributed by atoms with Crippen molar-refractivity contribution < 1.29 is 14.3 Å². The van der Waals surface area contributed by atoms with Gasteiger partial charge in [0.1, 0.15) is 5.75 Å². The largest absolute Gasteiger partial charge is 0.496 e. The Kier molecular flexibility index (Phi) is 4.77. The van der Waals surface area contributed by atoms with Gasteiger partial charge < -0.3 is 9.47 Å². The van der Waals surface area contributed by atoms with Crippen LogP contribution in [0.4, 0.5) is 0 Å². The SMILES string of the molecule is COc1ccccc1C=C1N=C(C=Cc2ccc(Cl)cc2)OC1=O. The van der Waals surface area contributed by atoms with E-state index in [2.05, 4.69) is 4.99 Å². The van der Waals surface area contributed by atoms with Crippen molar-refractivity contribution in [2.75, 3.05) is 7.11 Å². The molecule has 0 spiro atoms. The minimum absolute atomic E-state index is 0.232. The Bertz CT molecular complexity index is 851. The summed E-state index contributed by atoms with van der Waals surface area (Å²) < 4.78 is 10.4. The molecule has 0 fully saturated rings. The lowest BCUT2D eigenvalue weighted by atomic mass is 10.1. The lowest BCUT2D eigenvalue weighted by Crippen LogP contribution is -2.01. The van der Waals surface area contributed by atoms with E-state index in [9.17, 15) is 4.79 Å². The first-order valence-corrected chi connectivity index (χ1v) is 7.63. The average Bonchev–Trinajstić information content (AvgIpc) is 2.95. The maximum atomic E-state index is 11.9. The molecule has 0 saturated carbocycles. The van der Waals surface area contributed by atoms with Crippen molar-refractivity contribution in [3.05, 3.63) is 76.5 Å². The van der Waals surface area contributed by atoms with E-state index in [4.69, 9.17) is 21.1 Å². The second-order valence-electron chi connectivity index (χ2n) is 5.00. The summed E-state index contributed by atoms with van der Waals surface area (Å²) >= 11 is 5.84. The molecule has 0 unspecified atom stereocenters. The highest BCUT2D eigenvalue weighted by Crippen LogP contribution is 2.23. The first-order valence-electron chi connectivity index (χ1n) is 7.25. The highest BCUT2D eigenvalue weighted by atomic mass is 35.5. The fourth-order valence-electron chi connectivity index (χ4n) is 2.17. The van der Waals surface area contributed by atoms with Crippen molar-refractivity contribution in [2.45, 2.75) is 0 Å². The lowest BCUT2D eigenvalue weighted by Gasteiger charge is -2.03. The Morgan fingerprint density at radius 2 is 1.83 bits per heavy atom. The predicted molar refractivity (Wildman–Crippen MR) is 95.0 cm³/mol. The van der Waals surface area contributed by atoms with Crippen LogP contribution >= 0.6 is 11.6 Å². The van der Waals surface area contributed by atoms with Crippen LogP contribution in [0.3, 0.4) is 0 Å². The minimum atomic E-state index is -0.489. The number of carbonyl (C=O) groups excluding carboxylic acids is 1. The fourth-order valence-corrected chi connectivity index (χ4v) is 2.30. The number of ether oxygens (including phenoxy) is 2. The molecule has 120 valence electrons. The van der Waals surface area contributed by atoms with Gasteiger partial charge >= 0.3 is 5.97 Å². The number of hydrogen-bond donors (Lipinski definition) is 0. The van der Waals surface area contributed by atoms with Gasteiger partial charge in [-0.1, -0.05) is 41.9 Å². The first-order chi connectivity index (χ1) is 11.7. The summed E-state index contributed by atoms with van der Waals surface area (Å²) in [5.41, 5.74) is 1.93. The molecule has 0 bridgehead atoms. The number of aliphatic imine (C=N–C) groups is 1. The van der Waals surface area contributed by atoms with Gasteiger partial charge in [0.15, 0.2) is 5.70 Å². The maximum absolute atomic E-state index is 11.9. The number of carbonyl (C=O) groups is 1. The summed E-state index contributed by atoms with van der Waals surface area (Å²) in [5, 5.41) is 0.666. The standard InChI is InChI=1S/C19H14ClNO3/c1-23-17-5-3-2-4-14(17)12-16-19(22)24-18(21-16)11-8-13-6-9-15(20)10-7-13/h2-12H,1H3. The third kappa shape index (κ3) is 3.73. The molecular weight excluding hydrogens is 326 g/mol. The second kappa shape index (κ2) is 7.15. The quantitative estimate of drug-likeness (QED) is 0.614. The van der Waals surface area contributed by atoms with Gasteiger partial charge in [0.05, 0.1) is 7.11 Å². The van der Waals surface area contributed by atoms with E-state index < -0.39 is 5.97 Å².